The summed E-state index contributed by atoms with van der Waals surface area (Å²) >= 11 is 0. The van der Waals surface area contributed by atoms with Gasteiger partial charge in [-0.15, -0.1) is 0 Å². The number of fused-ring (bicyclic) bond motifs is 1. The number of carbonyl (C=O) groups is 1. The van der Waals surface area contributed by atoms with E-state index in [-0.39, 0.29) is 5.91 Å². The molecule has 122 valence electrons. The molecule has 0 aliphatic carbocycles. The number of imidazole rings is 1. The SMILES string of the molecule is Cc1nccn1-c1ncc(NC(=O)c2ccc3ccccc3n2)cn1. The third kappa shape index (κ3) is 2.94. The minimum atomic E-state index is -0.305. The van der Waals surface area contributed by atoms with E-state index >= 15 is 0 Å². The molecule has 1 amide bonds. The Hall–Kier alpha value is -3.61. The summed E-state index contributed by atoms with van der Waals surface area (Å²) in [5.74, 6) is 0.981. The molecule has 0 atom stereocenters. The van der Waals surface area contributed by atoms with Crippen molar-refractivity contribution in [3.8, 4) is 5.95 Å². The number of anilines is 1. The summed E-state index contributed by atoms with van der Waals surface area (Å²) in [5, 5.41) is 3.75. The molecule has 4 rings (SSSR count). The molecular formula is C18H14N6O. The summed E-state index contributed by atoms with van der Waals surface area (Å²) < 4.78 is 1.76. The van der Waals surface area contributed by atoms with Crippen LogP contribution in [0.2, 0.25) is 0 Å². The molecule has 3 aromatic heterocycles. The van der Waals surface area contributed by atoms with Crippen molar-refractivity contribution >= 4 is 22.5 Å². The van der Waals surface area contributed by atoms with Gasteiger partial charge in [-0.05, 0) is 19.1 Å². The summed E-state index contributed by atoms with van der Waals surface area (Å²) in [7, 11) is 0. The van der Waals surface area contributed by atoms with Gasteiger partial charge in [0.05, 0.1) is 23.6 Å². The molecule has 25 heavy (non-hydrogen) atoms. The van der Waals surface area contributed by atoms with Gasteiger partial charge in [0.25, 0.3) is 5.91 Å². The molecular weight excluding hydrogens is 316 g/mol. The van der Waals surface area contributed by atoms with Crippen molar-refractivity contribution in [2.24, 2.45) is 0 Å². The first-order chi connectivity index (χ1) is 12.2. The summed E-state index contributed by atoms with van der Waals surface area (Å²) in [5.41, 5.74) is 1.62. The maximum absolute atomic E-state index is 12.4. The zero-order valence-corrected chi connectivity index (χ0v) is 13.4. The average molecular weight is 330 g/mol. The first-order valence-corrected chi connectivity index (χ1v) is 7.70. The van der Waals surface area contributed by atoms with E-state index in [2.05, 4.69) is 25.3 Å². The lowest BCUT2D eigenvalue weighted by Gasteiger charge is -2.07. The van der Waals surface area contributed by atoms with Crippen LogP contribution in [0, 0.1) is 6.92 Å². The third-order valence-electron chi connectivity index (χ3n) is 3.77. The van der Waals surface area contributed by atoms with Crippen LogP contribution in [-0.2, 0) is 0 Å². The monoisotopic (exact) mass is 330 g/mol. The maximum Gasteiger partial charge on any atom is 0.274 e. The third-order valence-corrected chi connectivity index (χ3v) is 3.77. The van der Waals surface area contributed by atoms with Crippen molar-refractivity contribution in [3.05, 3.63) is 72.7 Å². The highest BCUT2D eigenvalue weighted by Gasteiger charge is 2.10. The zero-order valence-electron chi connectivity index (χ0n) is 13.4. The minimum absolute atomic E-state index is 0.305. The van der Waals surface area contributed by atoms with E-state index in [0.717, 1.165) is 16.7 Å². The van der Waals surface area contributed by atoms with Gasteiger partial charge in [0.1, 0.15) is 11.5 Å². The highest BCUT2D eigenvalue weighted by atomic mass is 16.1. The lowest BCUT2D eigenvalue weighted by molar-refractivity contribution is 0.102. The van der Waals surface area contributed by atoms with Crippen molar-refractivity contribution in [3.63, 3.8) is 0 Å². The molecule has 1 aromatic carbocycles. The predicted octanol–water partition coefficient (Wildman–Crippen LogP) is 2.77. The number of rotatable bonds is 3. The van der Waals surface area contributed by atoms with Crippen LogP contribution < -0.4 is 5.32 Å². The summed E-state index contributed by atoms with van der Waals surface area (Å²) in [6.07, 6.45) is 6.57. The number of amides is 1. The fourth-order valence-corrected chi connectivity index (χ4v) is 2.49. The van der Waals surface area contributed by atoms with Crippen molar-refractivity contribution in [2.45, 2.75) is 6.92 Å². The van der Waals surface area contributed by atoms with Crippen LogP contribution in [0.1, 0.15) is 16.3 Å². The topological polar surface area (TPSA) is 85.6 Å². The standard InChI is InChI=1S/C18H14N6O/c1-12-19-8-9-24(12)18-20-10-14(11-21-18)22-17(25)16-7-6-13-4-2-3-5-15(13)23-16/h2-11H,1H3,(H,22,25). The number of aryl methyl sites for hydroxylation is 1. The molecule has 0 saturated carbocycles. The van der Waals surface area contributed by atoms with Crippen molar-refractivity contribution in [1.82, 2.24) is 24.5 Å². The van der Waals surface area contributed by atoms with Crippen LogP contribution in [0.5, 0.6) is 0 Å². The second kappa shape index (κ2) is 6.12. The van der Waals surface area contributed by atoms with Crippen LogP contribution in [0.3, 0.4) is 0 Å². The molecule has 4 aromatic rings. The van der Waals surface area contributed by atoms with Gasteiger partial charge < -0.3 is 5.32 Å². The molecule has 0 fully saturated rings. The Kier molecular flexibility index (Phi) is 3.66. The van der Waals surface area contributed by atoms with E-state index in [1.807, 2.05) is 37.3 Å². The number of pyridine rings is 1. The maximum atomic E-state index is 12.4. The van der Waals surface area contributed by atoms with Gasteiger partial charge in [0.2, 0.25) is 5.95 Å². The fourth-order valence-electron chi connectivity index (χ4n) is 2.49. The van der Waals surface area contributed by atoms with Crippen LogP contribution in [0.25, 0.3) is 16.9 Å². The molecule has 0 saturated heterocycles. The number of nitrogens with zero attached hydrogens (tertiary/aromatic N) is 5. The van der Waals surface area contributed by atoms with E-state index in [4.69, 9.17) is 0 Å². The minimum Gasteiger partial charge on any atom is -0.318 e. The quantitative estimate of drug-likeness (QED) is 0.624. The Morgan fingerprint density at radius 3 is 2.60 bits per heavy atom. The molecule has 3 heterocycles. The number of benzene rings is 1. The highest BCUT2D eigenvalue weighted by molar-refractivity contribution is 6.03. The summed E-state index contributed by atoms with van der Waals surface area (Å²) in [4.78, 5) is 29.4. The first kappa shape index (κ1) is 14.9. The van der Waals surface area contributed by atoms with Crippen LogP contribution in [0.15, 0.2) is 61.2 Å². The Morgan fingerprint density at radius 2 is 1.84 bits per heavy atom. The second-order valence-corrected chi connectivity index (χ2v) is 5.46. The fraction of sp³-hybridized carbons (Fsp3) is 0.0556. The highest BCUT2D eigenvalue weighted by Crippen LogP contribution is 2.13. The van der Waals surface area contributed by atoms with E-state index in [9.17, 15) is 4.79 Å². The number of hydrogen-bond acceptors (Lipinski definition) is 5. The van der Waals surface area contributed by atoms with Gasteiger partial charge in [-0.3, -0.25) is 9.36 Å². The molecule has 0 unspecified atom stereocenters. The number of aromatic nitrogens is 5. The van der Waals surface area contributed by atoms with Gasteiger partial charge in [0, 0.05) is 17.8 Å². The Labute approximate surface area is 143 Å². The largest absolute Gasteiger partial charge is 0.318 e. The number of hydrogen-bond donors (Lipinski definition) is 1. The first-order valence-electron chi connectivity index (χ1n) is 7.70. The lowest BCUT2D eigenvalue weighted by atomic mass is 10.2. The zero-order chi connectivity index (χ0) is 17.2. The molecule has 7 nitrogen and oxygen atoms in total. The van der Waals surface area contributed by atoms with Crippen LogP contribution >= 0.6 is 0 Å². The molecule has 0 aliphatic heterocycles. The molecule has 0 radical (unpaired) electrons. The number of carbonyl (C=O) groups excluding carboxylic acids is 1. The molecule has 0 bridgehead atoms. The van der Waals surface area contributed by atoms with E-state index in [1.54, 1.807) is 35.4 Å². The second-order valence-electron chi connectivity index (χ2n) is 5.46. The van der Waals surface area contributed by atoms with E-state index in [1.165, 1.54) is 0 Å². The van der Waals surface area contributed by atoms with Crippen molar-refractivity contribution in [2.75, 3.05) is 5.32 Å². The Morgan fingerprint density at radius 1 is 1.04 bits per heavy atom. The Balaban J connectivity index is 1.54. The number of para-hydroxylation sites is 1. The van der Waals surface area contributed by atoms with Crippen molar-refractivity contribution < 1.29 is 4.79 Å². The molecule has 7 heteroatoms. The van der Waals surface area contributed by atoms with Gasteiger partial charge in [-0.25, -0.2) is 19.9 Å². The predicted molar refractivity (Wildman–Crippen MR) is 93.6 cm³/mol. The smallest absolute Gasteiger partial charge is 0.274 e. The van der Waals surface area contributed by atoms with Crippen LogP contribution in [-0.4, -0.2) is 30.4 Å². The normalized spacial score (nSPS) is 10.8. The number of nitrogens with one attached hydrogen (secondary N) is 1. The lowest BCUT2D eigenvalue weighted by Crippen LogP contribution is -2.14. The van der Waals surface area contributed by atoms with E-state index < -0.39 is 0 Å². The summed E-state index contributed by atoms with van der Waals surface area (Å²) in [6, 6.07) is 11.2. The molecule has 0 spiro atoms. The van der Waals surface area contributed by atoms with E-state index in [0.29, 0.717) is 17.3 Å². The van der Waals surface area contributed by atoms with Crippen LogP contribution in [0.4, 0.5) is 5.69 Å². The van der Waals surface area contributed by atoms with Crippen molar-refractivity contribution in [1.29, 1.82) is 0 Å². The molecule has 0 aliphatic rings. The van der Waals surface area contributed by atoms with Gasteiger partial charge >= 0.3 is 0 Å². The van der Waals surface area contributed by atoms with Gasteiger partial charge in [-0.2, -0.15) is 0 Å². The average Bonchev–Trinajstić information content (AvgIpc) is 3.08. The molecule has 1 N–H and O–H groups in total. The summed E-state index contributed by atoms with van der Waals surface area (Å²) in [6.45, 7) is 1.87. The van der Waals surface area contributed by atoms with Gasteiger partial charge in [-0.1, -0.05) is 24.3 Å². The van der Waals surface area contributed by atoms with Gasteiger partial charge in [0.15, 0.2) is 0 Å². The Bertz CT molecular complexity index is 1050.